The zero-order chi connectivity index (χ0) is 12.1. The van der Waals surface area contributed by atoms with Crippen LogP contribution in [0.25, 0.3) is 0 Å². The lowest BCUT2D eigenvalue weighted by atomic mass is 10.1. The van der Waals surface area contributed by atoms with Crippen LogP contribution >= 0.6 is 0 Å². The molecule has 0 saturated heterocycles. The number of nitrogens with one attached hydrogen (secondary N) is 1. The maximum Gasteiger partial charge on any atom is 0.0964 e. The van der Waals surface area contributed by atoms with Crippen molar-refractivity contribution in [3.63, 3.8) is 0 Å². The van der Waals surface area contributed by atoms with E-state index in [4.69, 9.17) is 0 Å². The molecule has 0 radical (unpaired) electrons. The lowest BCUT2D eigenvalue weighted by molar-refractivity contribution is 0.539. The van der Waals surface area contributed by atoms with Crippen LogP contribution in [0.15, 0.2) is 36.5 Å². The Morgan fingerprint density at radius 1 is 1.29 bits per heavy atom. The van der Waals surface area contributed by atoms with Gasteiger partial charge in [0.1, 0.15) is 0 Å². The van der Waals surface area contributed by atoms with Crippen molar-refractivity contribution in [1.82, 2.24) is 20.3 Å². The van der Waals surface area contributed by atoms with Crippen LogP contribution in [-0.2, 0) is 20.0 Å². The molecule has 1 heterocycles. The Labute approximate surface area is 102 Å². The smallest absolute Gasteiger partial charge is 0.0964 e. The summed E-state index contributed by atoms with van der Waals surface area (Å²) in [5, 5.41) is 11.4. The molecule has 90 valence electrons. The highest BCUT2D eigenvalue weighted by Crippen LogP contribution is 2.03. The molecule has 1 aromatic carbocycles. The van der Waals surface area contributed by atoms with E-state index in [0.29, 0.717) is 6.04 Å². The summed E-state index contributed by atoms with van der Waals surface area (Å²) < 4.78 is 1.72. The molecule has 2 rings (SSSR count). The Kier molecular flexibility index (Phi) is 3.88. The third kappa shape index (κ3) is 3.67. The van der Waals surface area contributed by atoms with Gasteiger partial charge in [-0.25, -0.2) is 0 Å². The average molecular weight is 230 g/mol. The molecule has 1 unspecified atom stereocenters. The average Bonchev–Trinajstić information content (AvgIpc) is 2.74. The summed E-state index contributed by atoms with van der Waals surface area (Å²) in [7, 11) is 1.88. The van der Waals surface area contributed by atoms with Crippen LogP contribution in [-0.4, -0.2) is 21.0 Å². The van der Waals surface area contributed by atoms with Gasteiger partial charge in [-0.1, -0.05) is 35.5 Å². The van der Waals surface area contributed by atoms with E-state index in [1.165, 1.54) is 5.56 Å². The van der Waals surface area contributed by atoms with E-state index in [1.807, 2.05) is 19.3 Å². The van der Waals surface area contributed by atoms with E-state index < -0.39 is 0 Å². The molecule has 2 aromatic rings. The number of benzene rings is 1. The SMILES string of the molecule is CC(Cc1ccccc1)NCc1cn(C)nn1. The van der Waals surface area contributed by atoms with Crippen molar-refractivity contribution in [2.75, 3.05) is 0 Å². The third-order valence-electron chi connectivity index (χ3n) is 2.67. The first-order chi connectivity index (χ1) is 8.24. The quantitative estimate of drug-likeness (QED) is 0.847. The van der Waals surface area contributed by atoms with Crippen LogP contribution in [0.2, 0.25) is 0 Å². The number of nitrogens with zero attached hydrogens (tertiary/aromatic N) is 3. The molecule has 0 amide bonds. The zero-order valence-corrected chi connectivity index (χ0v) is 10.3. The fraction of sp³-hybridized carbons (Fsp3) is 0.385. The molecular formula is C13H18N4. The molecule has 1 N–H and O–H groups in total. The molecule has 0 saturated carbocycles. The first-order valence-electron chi connectivity index (χ1n) is 5.86. The first kappa shape index (κ1) is 11.8. The van der Waals surface area contributed by atoms with Crippen LogP contribution < -0.4 is 5.32 Å². The lowest BCUT2D eigenvalue weighted by Crippen LogP contribution is -2.27. The van der Waals surface area contributed by atoms with Gasteiger partial charge in [0.05, 0.1) is 5.69 Å². The summed E-state index contributed by atoms with van der Waals surface area (Å²) in [6.45, 7) is 2.95. The van der Waals surface area contributed by atoms with Crippen LogP contribution in [0.1, 0.15) is 18.2 Å². The maximum absolute atomic E-state index is 4.05. The van der Waals surface area contributed by atoms with Gasteiger partial charge < -0.3 is 5.32 Å². The topological polar surface area (TPSA) is 42.7 Å². The molecule has 0 aliphatic carbocycles. The summed E-state index contributed by atoms with van der Waals surface area (Å²) in [4.78, 5) is 0. The fourth-order valence-corrected chi connectivity index (χ4v) is 1.79. The Morgan fingerprint density at radius 2 is 2.06 bits per heavy atom. The van der Waals surface area contributed by atoms with Gasteiger partial charge in [0, 0.05) is 25.8 Å². The van der Waals surface area contributed by atoms with E-state index >= 15 is 0 Å². The van der Waals surface area contributed by atoms with Crippen LogP contribution in [0.5, 0.6) is 0 Å². The summed E-state index contributed by atoms with van der Waals surface area (Å²) in [5.41, 5.74) is 2.33. The van der Waals surface area contributed by atoms with Gasteiger partial charge in [0.15, 0.2) is 0 Å². The molecule has 0 spiro atoms. The predicted molar refractivity (Wildman–Crippen MR) is 67.5 cm³/mol. The summed E-state index contributed by atoms with van der Waals surface area (Å²) in [5.74, 6) is 0. The van der Waals surface area contributed by atoms with E-state index in [-0.39, 0.29) is 0 Å². The first-order valence-corrected chi connectivity index (χ1v) is 5.86. The van der Waals surface area contributed by atoms with Crippen molar-refractivity contribution >= 4 is 0 Å². The van der Waals surface area contributed by atoms with Crippen molar-refractivity contribution in [3.8, 4) is 0 Å². The van der Waals surface area contributed by atoms with Crippen molar-refractivity contribution in [1.29, 1.82) is 0 Å². The van der Waals surface area contributed by atoms with Crippen molar-refractivity contribution in [2.24, 2.45) is 7.05 Å². The Hall–Kier alpha value is -1.68. The predicted octanol–water partition coefficient (Wildman–Crippen LogP) is 1.54. The van der Waals surface area contributed by atoms with Gasteiger partial charge in [-0.05, 0) is 18.9 Å². The Balaban J connectivity index is 1.80. The van der Waals surface area contributed by atoms with Crippen LogP contribution in [0.3, 0.4) is 0 Å². The highest BCUT2D eigenvalue weighted by molar-refractivity contribution is 5.15. The minimum Gasteiger partial charge on any atom is -0.308 e. The fourth-order valence-electron chi connectivity index (χ4n) is 1.79. The van der Waals surface area contributed by atoms with Gasteiger partial charge >= 0.3 is 0 Å². The van der Waals surface area contributed by atoms with E-state index in [2.05, 4.69) is 46.8 Å². The second kappa shape index (κ2) is 5.59. The van der Waals surface area contributed by atoms with Crippen molar-refractivity contribution < 1.29 is 0 Å². The van der Waals surface area contributed by atoms with Crippen LogP contribution in [0.4, 0.5) is 0 Å². The zero-order valence-electron chi connectivity index (χ0n) is 10.3. The highest BCUT2D eigenvalue weighted by atomic mass is 15.4. The monoisotopic (exact) mass is 230 g/mol. The molecule has 4 heteroatoms. The minimum absolute atomic E-state index is 0.430. The molecule has 0 aliphatic heterocycles. The third-order valence-corrected chi connectivity index (χ3v) is 2.67. The minimum atomic E-state index is 0.430. The number of aromatic nitrogens is 3. The molecule has 1 atom stereocenters. The molecule has 17 heavy (non-hydrogen) atoms. The second-order valence-corrected chi connectivity index (χ2v) is 4.36. The Bertz CT molecular complexity index is 449. The standard InChI is InChI=1S/C13H18N4/c1-11(8-12-6-4-3-5-7-12)14-9-13-10-17(2)16-15-13/h3-7,10-11,14H,8-9H2,1-2H3. The maximum atomic E-state index is 4.05. The molecule has 0 bridgehead atoms. The van der Waals surface area contributed by atoms with Gasteiger partial charge in [-0.2, -0.15) is 0 Å². The van der Waals surface area contributed by atoms with Gasteiger partial charge in [0.25, 0.3) is 0 Å². The van der Waals surface area contributed by atoms with Gasteiger partial charge in [0.2, 0.25) is 0 Å². The summed E-state index contributed by atoms with van der Waals surface area (Å²) in [6.07, 6.45) is 2.96. The number of hydrogen-bond donors (Lipinski definition) is 1. The van der Waals surface area contributed by atoms with E-state index in [9.17, 15) is 0 Å². The van der Waals surface area contributed by atoms with Gasteiger partial charge in [-0.15, -0.1) is 5.10 Å². The summed E-state index contributed by atoms with van der Waals surface area (Å²) in [6, 6.07) is 10.9. The van der Waals surface area contributed by atoms with Crippen molar-refractivity contribution in [2.45, 2.75) is 25.9 Å². The normalized spacial score (nSPS) is 12.6. The molecule has 0 aliphatic rings. The molecule has 0 fully saturated rings. The van der Waals surface area contributed by atoms with Crippen LogP contribution in [0, 0.1) is 0 Å². The second-order valence-electron chi connectivity index (χ2n) is 4.36. The van der Waals surface area contributed by atoms with Gasteiger partial charge in [-0.3, -0.25) is 4.68 Å². The lowest BCUT2D eigenvalue weighted by Gasteiger charge is -2.12. The number of rotatable bonds is 5. The number of hydrogen-bond acceptors (Lipinski definition) is 3. The van der Waals surface area contributed by atoms with E-state index in [0.717, 1.165) is 18.7 Å². The highest BCUT2D eigenvalue weighted by Gasteiger charge is 2.04. The molecule has 4 nitrogen and oxygen atoms in total. The molecule has 1 aromatic heterocycles. The number of aryl methyl sites for hydroxylation is 1. The molecular weight excluding hydrogens is 212 g/mol. The van der Waals surface area contributed by atoms with Crippen molar-refractivity contribution in [3.05, 3.63) is 47.8 Å². The van der Waals surface area contributed by atoms with E-state index in [1.54, 1.807) is 4.68 Å². The largest absolute Gasteiger partial charge is 0.308 e. The Morgan fingerprint density at radius 3 is 2.71 bits per heavy atom. The summed E-state index contributed by atoms with van der Waals surface area (Å²) >= 11 is 0.